The first kappa shape index (κ1) is 7.84. The van der Waals surface area contributed by atoms with Crippen LogP contribution in [0.5, 0.6) is 0 Å². The number of carbonyl (C=O) groups is 1. The fraction of sp³-hybridized carbons (Fsp3) is 0.857. The summed E-state index contributed by atoms with van der Waals surface area (Å²) in [6, 6.07) is 0. The van der Waals surface area contributed by atoms with Gasteiger partial charge in [0.1, 0.15) is 23.9 Å². The number of aliphatic hydroxyl groups is 5. The number of aliphatic hydroxyl groups excluding tert-OH is 4. The predicted molar refractivity (Wildman–Crippen MR) is 39.7 cm³/mol. The van der Waals surface area contributed by atoms with Gasteiger partial charge in [0.2, 0.25) is 0 Å². The maximum atomic E-state index is 11.2. The van der Waals surface area contributed by atoms with Gasteiger partial charge in [0.05, 0.1) is 6.61 Å². The van der Waals surface area contributed by atoms with E-state index in [1.54, 1.807) is 0 Å². The van der Waals surface area contributed by atoms with Gasteiger partial charge in [0, 0.05) is 9.11 Å². The lowest BCUT2D eigenvalue weighted by atomic mass is 9.78. The van der Waals surface area contributed by atoms with Crippen LogP contribution in [0, 0.1) is 0 Å². The molecule has 76 valence electrons. The third kappa shape index (κ3) is 1.59. The van der Waals surface area contributed by atoms with Gasteiger partial charge in [-0.15, -0.1) is 0 Å². The molecule has 0 amide bonds. The Labute approximate surface area is 76.9 Å². The molecule has 0 aromatic heterocycles. The molecule has 1 saturated carbocycles. The standard InChI is InChI=1S/C7H12O6/c8-2-7(13)1-3(9)4(10)5(11)6(7)12/h4-6,8,10-13H,1-2H2/t4-,5-,6+,7-/m1/s1/i1D2. The molecule has 0 heterocycles. The summed E-state index contributed by atoms with van der Waals surface area (Å²) in [6.07, 6.45) is -9.33. The molecule has 1 aliphatic rings. The Morgan fingerprint density at radius 3 is 2.54 bits per heavy atom. The molecule has 0 bridgehead atoms. The summed E-state index contributed by atoms with van der Waals surface area (Å²) in [7, 11) is 0. The lowest BCUT2D eigenvalue weighted by molar-refractivity contribution is -0.198. The first-order valence-corrected chi connectivity index (χ1v) is 3.62. The summed E-state index contributed by atoms with van der Waals surface area (Å²) in [5.74, 6) is -1.48. The van der Waals surface area contributed by atoms with E-state index in [0.29, 0.717) is 0 Å². The zero-order chi connectivity index (χ0) is 12.0. The highest BCUT2D eigenvalue weighted by Crippen LogP contribution is 2.26. The Bertz CT molecular complexity index is 283. The molecule has 6 nitrogen and oxygen atoms in total. The van der Waals surface area contributed by atoms with Crippen molar-refractivity contribution < 1.29 is 33.1 Å². The number of ketones is 1. The highest BCUT2D eigenvalue weighted by molar-refractivity contribution is 5.85. The average Bonchev–Trinajstić information content (AvgIpc) is 2.21. The van der Waals surface area contributed by atoms with Gasteiger partial charge in [-0.1, -0.05) is 0 Å². The molecule has 0 unspecified atom stereocenters. The van der Waals surface area contributed by atoms with Crippen LogP contribution in [0.1, 0.15) is 9.11 Å². The van der Waals surface area contributed by atoms with Crippen molar-refractivity contribution in [3.63, 3.8) is 0 Å². The molecule has 1 aliphatic carbocycles. The molecule has 5 N–H and O–H groups in total. The van der Waals surface area contributed by atoms with Gasteiger partial charge in [-0.05, 0) is 0 Å². The third-order valence-corrected chi connectivity index (χ3v) is 1.99. The summed E-state index contributed by atoms with van der Waals surface area (Å²) in [5, 5.41) is 45.9. The van der Waals surface area contributed by atoms with Crippen LogP contribution in [0.2, 0.25) is 0 Å². The molecule has 1 fully saturated rings. The van der Waals surface area contributed by atoms with Crippen LogP contribution in [0.4, 0.5) is 0 Å². The van der Waals surface area contributed by atoms with Crippen LogP contribution in [-0.4, -0.2) is 61.8 Å². The highest BCUT2D eigenvalue weighted by atomic mass is 16.4. The second-order valence-corrected chi connectivity index (χ2v) is 2.95. The fourth-order valence-corrected chi connectivity index (χ4v) is 1.10. The molecular formula is C7H12O6. The number of carbonyl (C=O) groups excluding carboxylic acids is 1. The van der Waals surface area contributed by atoms with Crippen LogP contribution in [0.3, 0.4) is 0 Å². The Balaban J connectivity index is 3.22. The van der Waals surface area contributed by atoms with Crippen molar-refractivity contribution >= 4 is 5.78 Å². The number of rotatable bonds is 1. The van der Waals surface area contributed by atoms with Crippen molar-refractivity contribution in [2.24, 2.45) is 0 Å². The minimum atomic E-state index is -3.03. The van der Waals surface area contributed by atoms with Gasteiger partial charge in [0.25, 0.3) is 0 Å². The quantitative estimate of drug-likeness (QED) is 0.299. The molecule has 0 aromatic carbocycles. The van der Waals surface area contributed by atoms with E-state index in [-0.39, 0.29) is 0 Å². The van der Waals surface area contributed by atoms with Crippen LogP contribution in [0.25, 0.3) is 0 Å². The van der Waals surface area contributed by atoms with E-state index in [1.165, 1.54) is 0 Å². The monoisotopic (exact) mass is 194 g/mol. The lowest BCUT2D eigenvalue weighted by Crippen LogP contribution is -2.62. The maximum Gasteiger partial charge on any atom is 0.167 e. The van der Waals surface area contributed by atoms with E-state index >= 15 is 0 Å². The zero-order valence-corrected chi connectivity index (χ0v) is 6.58. The smallest absolute Gasteiger partial charge is 0.167 e. The van der Waals surface area contributed by atoms with Crippen molar-refractivity contribution in [2.75, 3.05) is 6.61 Å². The van der Waals surface area contributed by atoms with Crippen LogP contribution in [-0.2, 0) is 4.79 Å². The highest BCUT2D eigenvalue weighted by Gasteiger charge is 2.50. The minimum Gasteiger partial charge on any atom is -0.393 e. The number of hydrogen-bond acceptors (Lipinski definition) is 6. The third-order valence-electron chi connectivity index (χ3n) is 1.99. The maximum absolute atomic E-state index is 11.2. The van der Waals surface area contributed by atoms with Crippen LogP contribution in [0.15, 0.2) is 0 Å². The summed E-state index contributed by atoms with van der Waals surface area (Å²) in [4.78, 5) is 11.2. The van der Waals surface area contributed by atoms with Crippen molar-refractivity contribution in [1.29, 1.82) is 0 Å². The normalized spacial score (nSPS) is 52.7. The average molecular weight is 194 g/mol. The Kier molecular flexibility index (Phi) is 2.00. The SMILES string of the molecule is [2H]C1([2H])C(=O)[C@@H](O)[C@@H](O)[C@H](O)[C@]1(O)CO. The Hall–Kier alpha value is -0.530. The van der Waals surface area contributed by atoms with Gasteiger partial charge in [0.15, 0.2) is 5.78 Å². The van der Waals surface area contributed by atoms with Gasteiger partial charge in [-0.3, -0.25) is 4.79 Å². The number of Topliss-reactive ketones (excluding diaryl/α,β-unsaturated/α-hetero) is 1. The first-order valence-electron chi connectivity index (χ1n) is 4.62. The van der Waals surface area contributed by atoms with Crippen LogP contribution >= 0.6 is 0 Å². The minimum absolute atomic E-state index is 1.25. The van der Waals surface area contributed by atoms with Gasteiger partial charge in [-0.25, -0.2) is 0 Å². The van der Waals surface area contributed by atoms with Gasteiger partial charge >= 0.3 is 0 Å². The first-order chi connectivity index (χ1) is 6.70. The number of hydrogen-bond donors (Lipinski definition) is 5. The molecule has 0 aliphatic heterocycles. The molecule has 0 saturated heterocycles. The topological polar surface area (TPSA) is 118 Å². The molecule has 0 spiro atoms. The summed E-state index contributed by atoms with van der Waals surface area (Å²) < 4.78 is 14.4. The predicted octanol–water partition coefficient (Wildman–Crippen LogP) is -3.23. The van der Waals surface area contributed by atoms with E-state index in [1.807, 2.05) is 0 Å². The molecule has 1 rings (SSSR count). The van der Waals surface area contributed by atoms with Crippen molar-refractivity contribution in [1.82, 2.24) is 0 Å². The second kappa shape index (κ2) is 3.32. The summed E-state index contributed by atoms with van der Waals surface area (Å²) >= 11 is 0. The fourth-order valence-electron chi connectivity index (χ4n) is 1.10. The molecule has 0 aromatic rings. The Morgan fingerprint density at radius 1 is 1.54 bits per heavy atom. The van der Waals surface area contributed by atoms with E-state index in [9.17, 15) is 15.0 Å². The molecule has 13 heavy (non-hydrogen) atoms. The molecule has 4 atom stereocenters. The van der Waals surface area contributed by atoms with Gasteiger partial charge < -0.3 is 25.5 Å². The van der Waals surface area contributed by atoms with Crippen LogP contribution < -0.4 is 0 Å². The van der Waals surface area contributed by atoms with Gasteiger partial charge in [-0.2, -0.15) is 0 Å². The molecular weight excluding hydrogens is 180 g/mol. The van der Waals surface area contributed by atoms with E-state index < -0.39 is 42.7 Å². The van der Waals surface area contributed by atoms with Crippen molar-refractivity contribution in [2.45, 2.75) is 30.3 Å². The Morgan fingerprint density at radius 2 is 2.08 bits per heavy atom. The largest absolute Gasteiger partial charge is 0.393 e. The zero-order valence-electron chi connectivity index (χ0n) is 8.58. The van der Waals surface area contributed by atoms with Crippen molar-refractivity contribution in [3.05, 3.63) is 0 Å². The molecule has 0 radical (unpaired) electrons. The van der Waals surface area contributed by atoms with E-state index in [2.05, 4.69) is 0 Å². The van der Waals surface area contributed by atoms with E-state index in [4.69, 9.17) is 18.1 Å². The van der Waals surface area contributed by atoms with Crippen molar-refractivity contribution in [3.8, 4) is 0 Å². The summed E-state index contributed by atoms with van der Waals surface area (Å²) in [6.45, 7) is -1.25. The van der Waals surface area contributed by atoms with E-state index in [0.717, 1.165) is 0 Å². The lowest BCUT2D eigenvalue weighted by Gasteiger charge is -2.39. The summed E-state index contributed by atoms with van der Waals surface area (Å²) in [5.41, 5.74) is -2.82. The second-order valence-electron chi connectivity index (χ2n) is 2.95. The molecule has 6 heteroatoms.